The van der Waals surface area contributed by atoms with E-state index in [0.29, 0.717) is 0 Å². The summed E-state index contributed by atoms with van der Waals surface area (Å²) in [5, 5.41) is 1.26. The number of aliphatic imine (C=N–C) groups is 1. The van der Waals surface area contributed by atoms with Crippen molar-refractivity contribution in [3.05, 3.63) is 48.3 Å². The Morgan fingerprint density at radius 2 is 2.14 bits per heavy atom. The van der Waals surface area contributed by atoms with Crippen LogP contribution in [0.5, 0.6) is 0 Å². The van der Waals surface area contributed by atoms with Gasteiger partial charge in [0.1, 0.15) is 0 Å². The molecular weight excluding hydrogens is 172 g/mol. The van der Waals surface area contributed by atoms with Gasteiger partial charge in [-0.15, -0.1) is 0 Å². The summed E-state index contributed by atoms with van der Waals surface area (Å²) >= 11 is 0. The Kier molecular flexibility index (Phi) is 1.53. The van der Waals surface area contributed by atoms with Crippen LogP contribution in [0.1, 0.15) is 12.0 Å². The highest BCUT2D eigenvalue weighted by atomic mass is 14.7. The van der Waals surface area contributed by atoms with E-state index in [4.69, 9.17) is 0 Å². The van der Waals surface area contributed by atoms with Gasteiger partial charge in [-0.3, -0.25) is 4.99 Å². The van der Waals surface area contributed by atoms with Crippen LogP contribution in [-0.2, 0) is 0 Å². The minimum atomic E-state index is 0.946. The van der Waals surface area contributed by atoms with Gasteiger partial charge in [-0.05, 0) is 6.07 Å². The topological polar surface area (TPSA) is 28.1 Å². The number of hydrogen-bond acceptors (Lipinski definition) is 1. The lowest BCUT2D eigenvalue weighted by molar-refractivity contribution is 1.45. The fraction of sp³-hybridized carbons (Fsp3) is 0.0833. The average molecular weight is 182 g/mol. The highest BCUT2D eigenvalue weighted by Crippen LogP contribution is 2.21. The molecule has 1 aliphatic heterocycles. The molecule has 1 aromatic carbocycles. The van der Waals surface area contributed by atoms with Gasteiger partial charge in [0, 0.05) is 35.3 Å². The zero-order valence-electron chi connectivity index (χ0n) is 7.70. The van der Waals surface area contributed by atoms with Gasteiger partial charge in [0.25, 0.3) is 0 Å². The fourth-order valence-electron chi connectivity index (χ4n) is 1.85. The van der Waals surface area contributed by atoms with Gasteiger partial charge in [-0.25, -0.2) is 0 Å². The summed E-state index contributed by atoms with van der Waals surface area (Å²) < 4.78 is 0. The summed E-state index contributed by atoms with van der Waals surface area (Å²) in [5.74, 6) is 0. The van der Waals surface area contributed by atoms with Gasteiger partial charge in [0.15, 0.2) is 0 Å². The number of benzene rings is 1. The molecule has 14 heavy (non-hydrogen) atoms. The van der Waals surface area contributed by atoms with Gasteiger partial charge < -0.3 is 4.98 Å². The second-order valence-electron chi connectivity index (χ2n) is 3.41. The summed E-state index contributed by atoms with van der Waals surface area (Å²) in [7, 11) is 0. The number of para-hydroxylation sites is 1. The van der Waals surface area contributed by atoms with Crippen molar-refractivity contribution in [1.29, 1.82) is 0 Å². The SMILES string of the molecule is C1=CN=C(c2c[nH]c3ccccc23)C1. The lowest BCUT2D eigenvalue weighted by Gasteiger charge is -1.96. The maximum Gasteiger partial charge on any atom is 0.0535 e. The maximum atomic E-state index is 4.34. The van der Waals surface area contributed by atoms with E-state index in [-0.39, 0.29) is 0 Å². The first-order valence-electron chi connectivity index (χ1n) is 4.73. The highest BCUT2D eigenvalue weighted by Gasteiger charge is 2.09. The van der Waals surface area contributed by atoms with Gasteiger partial charge >= 0.3 is 0 Å². The molecule has 0 saturated heterocycles. The first kappa shape index (κ1) is 7.56. The molecule has 2 aromatic rings. The quantitative estimate of drug-likeness (QED) is 0.702. The molecule has 0 atom stereocenters. The smallest absolute Gasteiger partial charge is 0.0535 e. The molecule has 68 valence electrons. The Labute approximate surface area is 82.0 Å². The van der Waals surface area contributed by atoms with Gasteiger partial charge in [0.05, 0.1) is 5.71 Å². The van der Waals surface area contributed by atoms with Crippen LogP contribution in [-0.4, -0.2) is 10.7 Å². The summed E-state index contributed by atoms with van der Waals surface area (Å²) in [6.45, 7) is 0. The highest BCUT2D eigenvalue weighted by molar-refractivity contribution is 6.12. The van der Waals surface area contributed by atoms with Gasteiger partial charge in [-0.1, -0.05) is 24.3 Å². The minimum absolute atomic E-state index is 0.946. The Morgan fingerprint density at radius 1 is 1.21 bits per heavy atom. The molecule has 0 aliphatic carbocycles. The number of aromatic amines is 1. The number of nitrogens with one attached hydrogen (secondary N) is 1. The summed E-state index contributed by atoms with van der Waals surface area (Å²) in [6.07, 6.45) is 6.94. The van der Waals surface area contributed by atoms with E-state index in [0.717, 1.165) is 12.1 Å². The third kappa shape index (κ3) is 1.01. The Hall–Kier alpha value is -1.83. The number of hydrogen-bond donors (Lipinski definition) is 1. The first-order valence-corrected chi connectivity index (χ1v) is 4.73. The summed E-state index contributed by atoms with van der Waals surface area (Å²) in [5.41, 5.74) is 3.56. The minimum Gasteiger partial charge on any atom is -0.360 e. The van der Waals surface area contributed by atoms with Crippen LogP contribution in [0.2, 0.25) is 0 Å². The number of rotatable bonds is 1. The zero-order chi connectivity index (χ0) is 9.38. The Bertz CT molecular complexity index is 532. The molecule has 0 saturated carbocycles. The molecule has 2 heteroatoms. The van der Waals surface area contributed by atoms with Crippen molar-refractivity contribution in [3.8, 4) is 0 Å². The number of aromatic nitrogens is 1. The monoisotopic (exact) mass is 182 g/mol. The molecule has 1 aliphatic rings. The zero-order valence-corrected chi connectivity index (χ0v) is 7.70. The van der Waals surface area contributed by atoms with Crippen LogP contribution >= 0.6 is 0 Å². The van der Waals surface area contributed by atoms with E-state index < -0.39 is 0 Å². The average Bonchev–Trinajstić information content (AvgIpc) is 2.85. The van der Waals surface area contributed by atoms with Crippen LogP contribution in [0, 0.1) is 0 Å². The number of H-pyrrole nitrogens is 1. The summed E-state index contributed by atoms with van der Waals surface area (Å²) in [4.78, 5) is 7.60. The van der Waals surface area contributed by atoms with Crippen LogP contribution < -0.4 is 0 Å². The van der Waals surface area contributed by atoms with Crippen molar-refractivity contribution in [2.24, 2.45) is 4.99 Å². The number of nitrogens with zero attached hydrogens (tertiary/aromatic N) is 1. The van der Waals surface area contributed by atoms with E-state index in [1.54, 1.807) is 0 Å². The molecule has 0 radical (unpaired) electrons. The Balaban J connectivity index is 2.22. The third-order valence-electron chi connectivity index (χ3n) is 2.55. The molecule has 0 unspecified atom stereocenters. The molecule has 0 fully saturated rings. The van der Waals surface area contributed by atoms with E-state index in [2.05, 4.69) is 34.3 Å². The second-order valence-corrected chi connectivity index (χ2v) is 3.41. The maximum absolute atomic E-state index is 4.34. The van der Waals surface area contributed by atoms with Crippen LogP contribution in [0.4, 0.5) is 0 Å². The molecule has 1 N–H and O–H groups in total. The second kappa shape index (κ2) is 2.84. The number of allylic oxidation sites excluding steroid dienone is 1. The normalized spacial score (nSPS) is 15.0. The van der Waals surface area contributed by atoms with E-state index in [9.17, 15) is 0 Å². The third-order valence-corrected chi connectivity index (χ3v) is 2.55. The van der Waals surface area contributed by atoms with Crippen molar-refractivity contribution < 1.29 is 0 Å². The largest absolute Gasteiger partial charge is 0.360 e. The first-order chi connectivity index (χ1) is 6.95. The van der Waals surface area contributed by atoms with Crippen molar-refractivity contribution in [2.45, 2.75) is 6.42 Å². The van der Waals surface area contributed by atoms with Gasteiger partial charge in [0.2, 0.25) is 0 Å². The molecule has 0 spiro atoms. The lowest BCUT2D eigenvalue weighted by Crippen LogP contribution is -1.93. The molecule has 3 rings (SSSR count). The predicted molar refractivity (Wildman–Crippen MR) is 58.6 cm³/mol. The van der Waals surface area contributed by atoms with Crippen LogP contribution in [0.25, 0.3) is 10.9 Å². The molecule has 2 nitrogen and oxygen atoms in total. The molecule has 2 heterocycles. The van der Waals surface area contributed by atoms with Gasteiger partial charge in [-0.2, -0.15) is 0 Å². The molecular formula is C12H10N2. The fourth-order valence-corrected chi connectivity index (χ4v) is 1.85. The van der Waals surface area contributed by atoms with Crippen LogP contribution in [0.15, 0.2) is 47.7 Å². The Morgan fingerprint density at radius 3 is 3.00 bits per heavy atom. The van der Waals surface area contributed by atoms with Crippen molar-refractivity contribution in [2.75, 3.05) is 0 Å². The van der Waals surface area contributed by atoms with E-state index >= 15 is 0 Å². The molecule has 0 bridgehead atoms. The number of fused-ring (bicyclic) bond motifs is 1. The van der Waals surface area contributed by atoms with E-state index in [1.165, 1.54) is 16.5 Å². The van der Waals surface area contributed by atoms with Crippen molar-refractivity contribution in [3.63, 3.8) is 0 Å². The van der Waals surface area contributed by atoms with Crippen LogP contribution in [0.3, 0.4) is 0 Å². The van der Waals surface area contributed by atoms with Crippen molar-refractivity contribution in [1.82, 2.24) is 4.98 Å². The molecule has 1 aromatic heterocycles. The summed E-state index contributed by atoms with van der Waals surface area (Å²) in [6, 6.07) is 8.31. The molecule has 0 amide bonds. The van der Waals surface area contributed by atoms with Crippen molar-refractivity contribution >= 4 is 16.6 Å². The lowest BCUT2D eigenvalue weighted by atomic mass is 10.1. The standard InChI is InChI=1S/C12H10N2/c1-2-5-11-9(4-1)10(8-14-11)12-6-3-7-13-12/h1-5,7-8,14H,6H2. The predicted octanol–water partition coefficient (Wildman–Crippen LogP) is 2.87. The van der Waals surface area contributed by atoms with E-state index in [1.807, 2.05) is 18.5 Å².